The lowest BCUT2D eigenvalue weighted by Gasteiger charge is -2.07. The van der Waals surface area contributed by atoms with E-state index in [0.29, 0.717) is 6.54 Å². The summed E-state index contributed by atoms with van der Waals surface area (Å²) in [5.41, 5.74) is 4.35. The molecule has 3 aromatic rings. The summed E-state index contributed by atoms with van der Waals surface area (Å²) in [4.78, 5) is 23.0. The normalized spacial score (nSPS) is 12.3. The Balaban J connectivity index is 1.42. The average molecular weight is 347 g/mol. The van der Waals surface area contributed by atoms with E-state index < -0.39 is 0 Å². The van der Waals surface area contributed by atoms with Gasteiger partial charge < -0.3 is 10.1 Å². The first kappa shape index (κ1) is 16.1. The van der Waals surface area contributed by atoms with E-state index in [0.717, 1.165) is 35.5 Å². The first-order valence-electron chi connectivity index (χ1n) is 8.38. The number of nitrogens with zero attached hydrogens (tertiary/aromatic N) is 1. The zero-order chi connectivity index (χ0) is 17.9. The molecule has 1 aliphatic rings. The van der Waals surface area contributed by atoms with E-state index in [1.165, 1.54) is 17.7 Å². The minimum absolute atomic E-state index is 0.182. The topological polar surface area (TPSA) is 84.1 Å². The first-order valence-corrected chi connectivity index (χ1v) is 8.38. The summed E-state index contributed by atoms with van der Waals surface area (Å²) in [6.07, 6.45) is 0.950. The molecule has 4 rings (SSSR count). The van der Waals surface area contributed by atoms with Crippen molar-refractivity contribution in [1.29, 1.82) is 0 Å². The van der Waals surface area contributed by atoms with Gasteiger partial charge in [-0.2, -0.15) is 5.10 Å². The number of benzene rings is 2. The molecule has 6 heteroatoms. The number of aromatic nitrogens is 2. The molecule has 0 saturated carbocycles. The van der Waals surface area contributed by atoms with Gasteiger partial charge in [-0.05, 0) is 40.5 Å². The number of nitrogens with one attached hydrogen (secondary N) is 2. The Morgan fingerprint density at radius 1 is 1.08 bits per heavy atom. The molecule has 0 spiro atoms. The molecule has 0 fully saturated rings. The quantitative estimate of drug-likeness (QED) is 0.758. The van der Waals surface area contributed by atoms with Crippen molar-refractivity contribution in [3.05, 3.63) is 81.8 Å². The first-order chi connectivity index (χ1) is 12.7. The SMILES string of the molecule is O=C(NCc1ccc(-c2ccc3c(c2)CCO3)cc1)c1ccc(=O)[nH]n1. The van der Waals surface area contributed by atoms with Crippen LogP contribution in [0, 0.1) is 0 Å². The molecule has 0 bridgehead atoms. The second-order valence-electron chi connectivity index (χ2n) is 6.11. The van der Waals surface area contributed by atoms with Crippen LogP contribution in [0.3, 0.4) is 0 Å². The number of carbonyl (C=O) groups is 1. The highest BCUT2D eigenvalue weighted by molar-refractivity contribution is 5.91. The van der Waals surface area contributed by atoms with E-state index in [4.69, 9.17) is 4.74 Å². The maximum atomic E-state index is 12.0. The zero-order valence-corrected chi connectivity index (χ0v) is 14.0. The lowest BCUT2D eigenvalue weighted by Crippen LogP contribution is -2.25. The Labute approximate surface area is 149 Å². The second-order valence-corrected chi connectivity index (χ2v) is 6.11. The van der Waals surface area contributed by atoms with Crippen LogP contribution in [0.15, 0.2) is 59.4 Å². The van der Waals surface area contributed by atoms with Crippen molar-refractivity contribution in [2.24, 2.45) is 0 Å². The van der Waals surface area contributed by atoms with Crippen molar-refractivity contribution in [2.45, 2.75) is 13.0 Å². The predicted molar refractivity (Wildman–Crippen MR) is 97.1 cm³/mol. The molecule has 1 aliphatic heterocycles. The van der Waals surface area contributed by atoms with Gasteiger partial charge in [-0.15, -0.1) is 0 Å². The number of ether oxygens (including phenoxy) is 1. The van der Waals surface area contributed by atoms with Gasteiger partial charge in [0.2, 0.25) is 0 Å². The third-order valence-electron chi connectivity index (χ3n) is 4.34. The van der Waals surface area contributed by atoms with E-state index in [2.05, 4.69) is 27.6 Å². The van der Waals surface area contributed by atoms with Crippen molar-refractivity contribution in [2.75, 3.05) is 6.61 Å². The number of carbonyl (C=O) groups excluding carboxylic acids is 1. The summed E-state index contributed by atoms with van der Waals surface area (Å²) in [5, 5.41) is 8.75. The molecule has 26 heavy (non-hydrogen) atoms. The Morgan fingerprint density at radius 3 is 2.65 bits per heavy atom. The van der Waals surface area contributed by atoms with Gasteiger partial charge in [-0.25, -0.2) is 5.10 Å². The lowest BCUT2D eigenvalue weighted by atomic mass is 10.0. The summed E-state index contributed by atoms with van der Waals surface area (Å²) in [7, 11) is 0. The van der Waals surface area contributed by atoms with Gasteiger partial charge >= 0.3 is 0 Å². The zero-order valence-electron chi connectivity index (χ0n) is 14.0. The molecule has 6 nitrogen and oxygen atoms in total. The average Bonchev–Trinajstić information content (AvgIpc) is 3.15. The van der Waals surface area contributed by atoms with E-state index in [1.807, 2.05) is 30.3 Å². The molecule has 1 aromatic heterocycles. The van der Waals surface area contributed by atoms with Crippen molar-refractivity contribution < 1.29 is 9.53 Å². The van der Waals surface area contributed by atoms with Crippen LogP contribution in [-0.4, -0.2) is 22.7 Å². The summed E-state index contributed by atoms with van der Waals surface area (Å²) in [5.74, 6) is 0.646. The summed E-state index contributed by atoms with van der Waals surface area (Å²) in [6.45, 7) is 1.14. The fourth-order valence-electron chi connectivity index (χ4n) is 2.93. The molecule has 1 amide bonds. The van der Waals surface area contributed by atoms with Crippen LogP contribution in [0.4, 0.5) is 0 Å². The number of hydrogen-bond acceptors (Lipinski definition) is 4. The lowest BCUT2D eigenvalue weighted by molar-refractivity contribution is 0.0945. The number of rotatable bonds is 4. The maximum absolute atomic E-state index is 12.0. The van der Waals surface area contributed by atoms with Gasteiger partial charge in [0.05, 0.1) is 6.61 Å². The molecule has 130 valence electrons. The fraction of sp³-hybridized carbons (Fsp3) is 0.150. The van der Waals surface area contributed by atoms with Gasteiger partial charge in [0, 0.05) is 19.0 Å². The van der Waals surface area contributed by atoms with E-state index >= 15 is 0 Å². The van der Waals surface area contributed by atoms with Crippen LogP contribution in [0.25, 0.3) is 11.1 Å². The summed E-state index contributed by atoms with van der Waals surface area (Å²) < 4.78 is 5.54. The second kappa shape index (κ2) is 6.84. The molecule has 0 radical (unpaired) electrons. The fourth-order valence-corrected chi connectivity index (χ4v) is 2.93. The maximum Gasteiger partial charge on any atom is 0.271 e. The third kappa shape index (κ3) is 3.35. The van der Waals surface area contributed by atoms with Crippen LogP contribution in [0.2, 0.25) is 0 Å². The predicted octanol–water partition coefficient (Wildman–Crippen LogP) is 2.30. The Bertz CT molecular complexity index is 989. The highest BCUT2D eigenvalue weighted by Crippen LogP contribution is 2.30. The molecule has 0 saturated heterocycles. The number of fused-ring (bicyclic) bond motifs is 1. The van der Waals surface area contributed by atoms with E-state index in [1.54, 1.807) is 0 Å². The molecule has 2 aromatic carbocycles. The summed E-state index contributed by atoms with van der Waals surface area (Å²) in [6, 6.07) is 17.0. The van der Waals surface area contributed by atoms with Crippen molar-refractivity contribution in [3.63, 3.8) is 0 Å². The largest absolute Gasteiger partial charge is 0.493 e. The van der Waals surface area contributed by atoms with Gasteiger partial charge in [0.15, 0.2) is 0 Å². The highest BCUT2D eigenvalue weighted by atomic mass is 16.5. The Kier molecular flexibility index (Phi) is 4.23. The third-order valence-corrected chi connectivity index (χ3v) is 4.34. The van der Waals surface area contributed by atoms with Crippen LogP contribution in [0.5, 0.6) is 5.75 Å². The molecular formula is C20H17N3O3. The minimum Gasteiger partial charge on any atom is -0.493 e. The van der Waals surface area contributed by atoms with Crippen LogP contribution in [-0.2, 0) is 13.0 Å². The Hall–Kier alpha value is -3.41. The van der Waals surface area contributed by atoms with E-state index in [9.17, 15) is 9.59 Å². The number of H-pyrrole nitrogens is 1. The van der Waals surface area contributed by atoms with Crippen LogP contribution >= 0.6 is 0 Å². The van der Waals surface area contributed by atoms with Gasteiger partial charge in [0.1, 0.15) is 11.4 Å². The molecule has 0 aliphatic carbocycles. The van der Waals surface area contributed by atoms with E-state index in [-0.39, 0.29) is 17.2 Å². The standard InChI is InChI=1S/C20H17N3O3/c24-19-8-6-17(22-23-19)20(25)21-12-13-1-3-14(4-2-13)15-5-7-18-16(11-15)9-10-26-18/h1-8,11H,9-10,12H2,(H,21,25)(H,23,24). The van der Waals surface area contributed by atoms with Gasteiger partial charge in [-0.3, -0.25) is 9.59 Å². The molecule has 0 unspecified atom stereocenters. The molecular weight excluding hydrogens is 330 g/mol. The number of amides is 1. The van der Waals surface area contributed by atoms with Gasteiger partial charge in [-0.1, -0.05) is 30.3 Å². The monoisotopic (exact) mass is 347 g/mol. The number of hydrogen-bond donors (Lipinski definition) is 2. The smallest absolute Gasteiger partial charge is 0.271 e. The van der Waals surface area contributed by atoms with Crippen LogP contribution in [0.1, 0.15) is 21.6 Å². The molecule has 0 atom stereocenters. The highest BCUT2D eigenvalue weighted by Gasteiger charge is 2.12. The summed E-state index contributed by atoms with van der Waals surface area (Å²) >= 11 is 0. The van der Waals surface area contributed by atoms with Crippen LogP contribution < -0.4 is 15.6 Å². The minimum atomic E-state index is -0.338. The van der Waals surface area contributed by atoms with Gasteiger partial charge in [0.25, 0.3) is 11.5 Å². The molecule has 2 N–H and O–H groups in total. The van der Waals surface area contributed by atoms with Crippen molar-refractivity contribution >= 4 is 5.91 Å². The van der Waals surface area contributed by atoms with Crippen molar-refractivity contribution in [1.82, 2.24) is 15.5 Å². The molecule has 2 heterocycles. The number of aromatic amines is 1. The Morgan fingerprint density at radius 2 is 1.88 bits per heavy atom. The van der Waals surface area contributed by atoms with Crippen molar-refractivity contribution in [3.8, 4) is 16.9 Å².